The van der Waals surface area contributed by atoms with Crippen LogP contribution in [0.3, 0.4) is 0 Å². The van der Waals surface area contributed by atoms with Gasteiger partial charge >= 0.3 is 0 Å². The number of halogens is 1. The molecule has 0 amide bonds. The Morgan fingerprint density at radius 3 is 2.47 bits per heavy atom. The van der Waals surface area contributed by atoms with Crippen molar-refractivity contribution in [1.82, 2.24) is 0 Å². The minimum atomic E-state index is -3.00. The number of hydrogen-bond acceptors (Lipinski definition) is 3. The van der Waals surface area contributed by atoms with Gasteiger partial charge < -0.3 is 5.73 Å². The molecule has 1 aromatic rings. The molecule has 0 saturated heterocycles. The highest BCUT2D eigenvalue weighted by atomic mass is 79.9. The molecule has 1 atom stereocenters. The lowest BCUT2D eigenvalue weighted by Crippen LogP contribution is -2.21. The summed E-state index contributed by atoms with van der Waals surface area (Å²) < 4.78 is 23.3. The number of nitrogens with two attached hydrogens (primary N) is 1. The van der Waals surface area contributed by atoms with E-state index in [1.54, 1.807) is 0 Å². The van der Waals surface area contributed by atoms with E-state index in [-0.39, 0.29) is 11.7 Å². The van der Waals surface area contributed by atoms with E-state index >= 15 is 0 Å². The van der Waals surface area contributed by atoms with Gasteiger partial charge in [-0.3, -0.25) is 0 Å². The molecule has 0 saturated carbocycles. The second-order valence-corrected chi connectivity index (χ2v) is 6.59. The highest BCUT2D eigenvalue weighted by molar-refractivity contribution is 9.10. The summed E-state index contributed by atoms with van der Waals surface area (Å²) in [5.74, 6) is -0.0536. The van der Waals surface area contributed by atoms with Gasteiger partial charge in [-0.2, -0.15) is 0 Å². The summed E-state index contributed by atoms with van der Waals surface area (Å²) in [4.78, 5) is 0. The minimum Gasteiger partial charge on any atom is -0.330 e. The van der Waals surface area contributed by atoms with E-state index in [1.807, 2.05) is 24.3 Å². The zero-order valence-corrected chi connectivity index (χ0v) is 10.9. The Kier molecular flexibility index (Phi) is 4.31. The van der Waals surface area contributed by atoms with E-state index in [9.17, 15) is 8.42 Å². The maximum atomic E-state index is 11.2. The van der Waals surface area contributed by atoms with E-state index in [0.29, 0.717) is 6.54 Å². The van der Waals surface area contributed by atoms with E-state index in [4.69, 9.17) is 5.73 Å². The summed E-state index contributed by atoms with van der Waals surface area (Å²) in [5.41, 5.74) is 6.55. The number of benzene rings is 1. The van der Waals surface area contributed by atoms with Gasteiger partial charge in [-0.15, -0.1) is 0 Å². The lowest BCUT2D eigenvalue weighted by atomic mass is 10.0. The largest absolute Gasteiger partial charge is 0.330 e. The Morgan fingerprint density at radius 2 is 2.00 bits per heavy atom. The molecule has 0 aliphatic carbocycles. The van der Waals surface area contributed by atoms with Crippen LogP contribution in [0, 0.1) is 0 Å². The monoisotopic (exact) mass is 291 g/mol. The van der Waals surface area contributed by atoms with E-state index < -0.39 is 9.84 Å². The smallest absolute Gasteiger partial charge is 0.148 e. The van der Waals surface area contributed by atoms with Crippen LogP contribution >= 0.6 is 15.9 Å². The van der Waals surface area contributed by atoms with Crippen molar-refractivity contribution in [1.29, 1.82) is 0 Å². The third kappa shape index (κ3) is 3.93. The summed E-state index contributed by atoms with van der Waals surface area (Å²) in [7, 11) is -3.00. The van der Waals surface area contributed by atoms with Gasteiger partial charge in [0.15, 0.2) is 0 Å². The Labute approximate surface area is 98.7 Å². The second-order valence-electron chi connectivity index (χ2n) is 3.55. The lowest BCUT2D eigenvalue weighted by Gasteiger charge is -2.15. The first-order valence-corrected chi connectivity index (χ1v) is 7.41. The minimum absolute atomic E-state index is 0.0894. The molecule has 84 valence electrons. The van der Waals surface area contributed by atoms with Crippen molar-refractivity contribution < 1.29 is 8.42 Å². The van der Waals surface area contributed by atoms with Gasteiger partial charge in [0.05, 0.1) is 5.75 Å². The Bertz CT molecular complexity index is 431. The fraction of sp³-hybridized carbons (Fsp3) is 0.400. The van der Waals surface area contributed by atoms with Crippen molar-refractivity contribution in [2.75, 3.05) is 18.6 Å². The predicted molar refractivity (Wildman–Crippen MR) is 65.6 cm³/mol. The average molecular weight is 292 g/mol. The Balaban J connectivity index is 2.98. The van der Waals surface area contributed by atoms with Crippen LogP contribution in [0.4, 0.5) is 0 Å². The first kappa shape index (κ1) is 12.7. The number of rotatable bonds is 4. The van der Waals surface area contributed by atoms with Crippen LogP contribution in [0.5, 0.6) is 0 Å². The normalized spacial score (nSPS) is 13.8. The van der Waals surface area contributed by atoms with Gasteiger partial charge in [-0.25, -0.2) is 8.42 Å². The van der Waals surface area contributed by atoms with Crippen LogP contribution in [0.25, 0.3) is 0 Å². The molecule has 0 aliphatic heterocycles. The summed E-state index contributed by atoms with van der Waals surface area (Å²) in [5, 5.41) is 0. The molecule has 5 heteroatoms. The molecule has 0 radical (unpaired) electrons. The molecule has 1 aromatic carbocycles. The highest BCUT2D eigenvalue weighted by Gasteiger charge is 2.17. The van der Waals surface area contributed by atoms with Gasteiger partial charge in [0.1, 0.15) is 9.84 Å². The fourth-order valence-electron chi connectivity index (χ4n) is 1.46. The molecule has 2 N–H and O–H groups in total. The van der Waals surface area contributed by atoms with Gasteiger partial charge in [-0.1, -0.05) is 34.1 Å². The van der Waals surface area contributed by atoms with Crippen LogP contribution in [-0.4, -0.2) is 27.0 Å². The second kappa shape index (κ2) is 5.09. The van der Waals surface area contributed by atoms with Crippen LogP contribution in [0.15, 0.2) is 28.7 Å². The first-order chi connectivity index (χ1) is 6.94. The zero-order valence-electron chi connectivity index (χ0n) is 8.48. The lowest BCUT2D eigenvalue weighted by molar-refractivity contribution is 0.593. The molecule has 0 fully saturated rings. The van der Waals surface area contributed by atoms with Crippen LogP contribution < -0.4 is 5.73 Å². The Hall–Kier alpha value is -0.390. The van der Waals surface area contributed by atoms with Crippen LogP contribution in [0.2, 0.25) is 0 Å². The van der Waals surface area contributed by atoms with Gasteiger partial charge in [0.2, 0.25) is 0 Å². The molecule has 0 heterocycles. The van der Waals surface area contributed by atoms with Gasteiger partial charge in [-0.05, 0) is 11.6 Å². The van der Waals surface area contributed by atoms with Gasteiger partial charge in [0, 0.05) is 23.2 Å². The SMILES string of the molecule is CS(=O)(=O)CC(CN)c1ccccc1Br. The standard InChI is InChI=1S/C10H14BrNO2S/c1-15(13,14)7-8(6-12)9-4-2-3-5-10(9)11/h2-5,8H,6-7,12H2,1H3. The molecule has 3 nitrogen and oxygen atoms in total. The Morgan fingerprint density at radius 1 is 1.40 bits per heavy atom. The van der Waals surface area contributed by atoms with E-state index in [1.165, 1.54) is 6.26 Å². The van der Waals surface area contributed by atoms with Crippen molar-refractivity contribution in [2.45, 2.75) is 5.92 Å². The topological polar surface area (TPSA) is 60.2 Å². The molecule has 0 aromatic heterocycles. The molecule has 1 rings (SSSR count). The zero-order chi connectivity index (χ0) is 11.5. The third-order valence-corrected chi connectivity index (χ3v) is 3.86. The van der Waals surface area contributed by atoms with E-state index in [0.717, 1.165) is 10.0 Å². The van der Waals surface area contributed by atoms with E-state index in [2.05, 4.69) is 15.9 Å². The van der Waals surface area contributed by atoms with Crippen molar-refractivity contribution in [3.05, 3.63) is 34.3 Å². The number of sulfone groups is 1. The predicted octanol–water partition coefficient (Wildman–Crippen LogP) is 1.54. The molecular weight excluding hydrogens is 278 g/mol. The number of hydrogen-bond donors (Lipinski definition) is 1. The quantitative estimate of drug-likeness (QED) is 0.915. The highest BCUT2D eigenvalue weighted by Crippen LogP contribution is 2.25. The van der Waals surface area contributed by atoms with Crippen molar-refractivity contribution in [3.63, 3.8) is 0 Å². The van der Waals surface area contributed by atoms with Crippen molar-refractivity contribution in [2.24, 2.45) is 5.73 Å². The maximum absolute atomic E-state index is 11.2. The molecule has 0 spiro atoms. The van der Waals surface area contributed by atoms with Crippen LogP contribution in [-0.2, 0) is 9.84 Å². The third-order valence-electron chi connectivity index (χ3n) is 2.13. The average Bonchev–Trinajstić information content (AvgIpc) is 2.14. The summed E-state index contributed by atoms with van der Waals surface area (Å²) >= 11 is 3.39. The van der Waals surface area contributed by atoms with Crippen LogP contribution in [0.1, 0.15) is 11.5 Å². The first-order valence-electron chi connectivity index (χ1n) is 4.56. The van der Waals surface area contributed by atoms with Crippen molar-refractivity contribution >= 4 is 25.8 Å². The molecule has 0 bridgehead atoms. The maximum Gasteiger partial charge on any atom is 0.148 e. The fourth-order valence-corrected chi connectivity index (χ4v) is 3.11. The van der Waals surface area contributed by atoms with Crippen molar-refractivity contribution in [3.8, 4) is 0 Å². The summed E-state index contributed by atoms with van der Waals surface area (Å²) in [6.45, 7) is 0.329. The van der Waals surface area contributed by atoms with Gasteiger partial charge in [0.25, 0.3) is 0 Å². The summed E-state index contributed by atoms with van der Waals surface area (Å²) in [6.07, 6.45) is 1.23. The molecule has 1 unspecified atom stereocenters. The molecule has 0 aliphatic rings. The molecule has 15 heavy (non-hydrogen) atoms. The molecular formula is C10H14BrNO2S. The summed E-state index contributed by atoms with van der Waals surface area (Å²) in [6, 6.07) is 7.56.